The molecule has 3 aromatic rings. The number of hydrazone groups is 1. The van der Waals surface area contributed by atoms with Crippen LogP contribution in [0.1, 0.15) is 51.5 Å². The first-order chi connectivity index (χ1) is 19.6. The number of hydrogen-bond acceptors (Lipinski definition) is 5. The number of sulfonamides is 1. The van der Waals surface area contributed by atoms with Crippen molar-refractivity contribution in [1.29, 1.82) is 0 Å². The number of thioether (sulfide) groups is 1. The first-order valence-electron chi connectivity index (χ1n) is 14.2. The summed E-state index contributed by atoms with van der Waals surface area (Å²) in [5.41, 5.74) is 1.09. The Morgan fingerprint density at radius 3 is 2.07 bits per heavy atom. The Morgan fingerprint density at radius 1 is 0.976 bits per heavy atom. The maximum absolute atomic E-state index is 13.2. The molecule has 1 N–H and O–H groups in total. The van der Waals surface area contributed by atoms with E-state index in [0.29, 0.717) is 18.1 Å². The smallest absolute Gasteiger partial charge is 0.284 e. The number of aryl methyl sites for hydroxylation is 1. The lowest BCUT2D eigenvalue weighted by molar-refractivity contribution is 0.352. The summed E-state index contributed by atoms with van der Waals surface area (Å²) in [5.74, 6) is 0. The highest BCUT2D eigenvalue weighted by Gasteiger charge is 2.49. The molecule has 1 saturated carbocycles. The van der Waals surface area contributed by atoms with Crippen LogP contribution in [0.15, 0.2) is 99.3 Å². The number of nitrogens with zero attached hydrogens (tertiary/aromatic N) is 3. The van der Waals surface area contributed by atoms with Crippen molar-refractivity contribution >= 4 is 51.9 Å². The largest absolute Gasteiger partial charge is 0.424 e. The van der Waals surface area contributed by atoms with Gasteiger partial charge in [-0.15, -0.1) is 4.40 Å². The van der Waals surface area contributed by atoms with Gasteiger partial charge in [-0.3, -0.25) is 0 Å². The minimum absolute atomic E-state index is 0.0612. The molecule has 0 aromatic heterocycles. The van der Waals surface area contributed by atoms with Gasteiger partial charge in [-0.2, -0.15) is 13.5 Å². The van der Waals surface area contributed by atoms with Crippen molar-refractivity contribution in [3.8, 4) is 0 Å². The lowest BCUT2D eigenvalue weighted by Crippen LogP contribution is -2.65. The van der Waals surface area contributed by atoms with E-state index >= 15 is 0 Å². The van der Waals surface area contributed by atoms with Gasteiger partial charge in [-0.25, -0.2) is 5.01 Å². The first kappa shape index (κ1) is 29.8. The van der Waals surface area contributed by atoms with Gasteiger partial charge in [0.05, 0.1) is 11.4 Å². The van der Waals surface area contributed by atoms with Gasteiger partial charge in [0.15, 0.2) is 5.17 Å². The van der Waals surface area contributed by atoms with E-state index in [-0.39, 0.29) is 15.3 Å². The molecule has 1 fully saturated rings. The number of hydrogen-bond donors (Lipinski definition) is 1. The van der Waals surface area contributed by atoms with Gasteiger partial charge in [0.25, 0.3) is 18.3 Å². The number of rotatable bonds is 8. The second kappa shape index (κ2) is 11.9. The van der Waals surface area contributed by atoms with Gasteiger partial charge in [-0.05, 0) is 65.0 Å². The lowest BCUT2D eigenvalue weighted by Gasteiger charge is -2.41. The van der Waals surface area contributed by atoms with Crippen molar-refractivity contribution in [2.45, 2.75) is 62.3 Å². The molecule has 6 nitrogen and oxygen atoms in total. The average Bonchev–Trinajstić information content (AvgIpc) is 3.64. The zero-order valence-corrected chi connectivity index (χ0v) is 26.7. The molecule has 0 saturated heterocycles. The summed E-state index contributed by atoms with van der Waals surface area (Å²) in [6, 6.07) is 27.0. The zero-order valence-electron chi connectivity index (χ0n) is 24.0. The van der Waals surface area contributed by atoms with Crippen LogP contribution in [0.3, 0.4) is 0 Å². The summed E-state index contributed by atoms with van der Waals surface area (Å²) >= 11 is 1.31. The highest BCUT2D eigenvalue weighted by atomic mass is 32.2. The van der Waals surface area contributed by atoms with Gasteiger partial charge < -0.3 is 4.80 Å². The van der Waals surface area contributed by atoms with E-state index in [9.17, 15) is 13.2 Å². The van der Waals surface area contributed by atoms with Crippen LogP contribution in [0.4, 0.5) is 0 Å². The fourth-order valence-electron chi connectivity index (χ4n) is 6.17. The van der Waals surface area contributed by atoms with Gasteiger partial charge in [0, 0.05) is 11.6 Å². The molecule has 1 aliphatic carbocycles. The Morgan fingerprint density at radius 2 is 1.54 bits per heavy atom. The topological polar surface area (TPSA) is 82.3 Å². The van der Waals surface area contributed by atoms with Crippen LogP contribution in [0.25, 0.3) is 0 Å². The lowest BCUT2D eigenvalue weighted by atomic mass is 9.89. The molecule has 9 heteroatoms. The molecular weight excluding hydrogens is 567 g/mol. The predicted octanol–water partition coefficient (Wildman–Crippen LogP) is 5.42. The van der Waals surface area contributed by atoms with Crippen LogP contribution < -0.4 is 10.4 Å². The van der Waals surface area contributed by atoms with Crippen LogP contribution in [-0.2, 0) is 16.4 Å². The third kappa shape index (κ3) is 6.09. The second-order valence-corrected chi connectivity index (χ2v) is 18.2. The quantitative estimate of drug-likeness (QED) is 0.211. The number of amidine groups is 1. The molecule has 2 aliphatic rings. The fraction of sp³-hybridized carbons (Fsp3) is 0.375. The summed E-state index contributed by atoms with van der Waals surface area (Å²) in [4.78, 5) is 12.6. The molecule has 0 radical (unpaired) electrons. The van der Waals surface area contributed by atoms with Gasteiger partial charge in [0.1, 0.15) is 0 Å². The summed E-state index contributed by atoms with van der Waals surface area (Å²) < 4.78 is 30.7. The van der Waals surface area contributed by atoms with E-state index in [4.69, 9.17) is 0 Å². The first-order valence-corrected chi connectivity index (χ1v) is 18.8. The molecule has 0 unspecified atom stereocenters. The van der Waals surface area contributed by atoms with Gasteiger partial charge in [0.2, 0.25) is 0 Å². The van der Waals surface area contributed by atoms with E-state index in [1.54, 1.807) is 17.1 Å². The van der Waals surface area contributed by atoms with E-state index < -0.39 is 18.3 Å². The Bertz CT molecular complexity index is 1460. The Balaban J connectivity index is 1.31. The summed E-state index contributed by atoms with van der Waals surface area (Å²) in [6.07, 6.45) is 9.85. The highest BCUT2D eigenvalue weighted by molar-refractivity contribution is 8.13. The summed E-state index contributed by atoms with van der Waals surface area (Å²) in [7, 11) is -6.99. The minimum atomic E-state index is -3.88. The molecule has 1 aliphatic heterocycles. The SMILES string of the molecule is CSC(=NS(=O)(=O)c1ccc(CCC(C)(C)[Si](O)(c2ccccc2)c2ccccc2)cc1)N1CC2(C=N1)CCCC2. The van der Waals surface area contributed by atoms with Crippen molar-refractivity contribution in [3.63, 3.8) is 0 Å². The third-order valence-corrected chi connectivity index (χ3v) is 15.4. The molecule has 0 bridgehead atoms. The molecule has 3 aromatic carbocycles. The van der Waals surface area contributed by atoms with Crippen molar-refractivity contribution < 1.29 is 13.2 Å². The van der Waals surface area contributed by atoms with Crippen LogP contribution in [-0.4, -0.2) is 50.7 Å². The van der Waals surface area contributed by atoms with Gasteiger partial charge in [-0.1, -0.05) is 111 Å². The predicted molar refractivity (Wildman–Crippen MR) is 173 cm³/mol. The van der Waals surface area contributed by atoms with Crippen molar-refractivity contribution in [1.82, 2.24) is 5.01 Å². The maximum atomic E-state index is 13.2. The molecule has 1 spiro atoms. The molecule has 1 heterocycles. The van der Waals surface area contributed by atoms with E-state index in [1.165, 1.54) is 24.6 Å². The number of benzene rings is 3. The Hall–Kier alpha value is -2.72. The van der Waals surface area contributed by atoms with Crippen LogP contribution >= 0.6 is 11.8 Å². The van der Waals surface area contributed by atoms with Crippen molar-refractivity contribution in [2.75, 3.05) is 12.8 Å². The van der Waals surface area contributed by atoms with Crippen LogP contribution in [0.5, 0.6) is 0 Å². The molecule has 41 heavy (non-hydrogen) atoms. The zero-order chi connectivity index (χ0) is 29.1. The molecule has 216 valence electrons. The summed E-state index contributed by atoms with van der Waals surface area (Å²) in [6.45, 7) is 4.99. The molecule has 0 amide bonds. The summed E-state index contributed by atoms with van der Waals surface area (Å²) in [5, 5.41) is 8.26. The standard InChI is InChI=1S/C32H39N3O3S2Si/c1-31(2,41(38,28-12-6-4-7-13-28)29-14-8-5-9-15-29)23-20-26-16-18-27(19-17-26)40(36,37)34-30(39-3)35-25-32(24-33-35)21-10-11-22-32/h4-9,12-19,24,38H,10-11,20-23,25H2,1-3H3. The minimum Gasteiger partial charge on any atom is -0.424 e. The molecule has 5 rings (SSSR count). The normalized spacial score (nSPS) is 17.5. The molecule has 0 atom stereocenters. The van der Waals surface area contributed by atoms with Gasteiger partial charge >= 0.3 is 0 Å². The Kier molecular flexibility index (Phi) is 8.62. The third-order valence-electron chi connectivity index (χ3n) is 8.76. The molecular formula is C32H39N3O3S2Si. The Labute approximate surface area is 249 Å². The van der Waals surface area contributed by atoms with E-state index in [1.807, 2.05) is 85.3 Å². The average molecular weight is 606 g/mol. The van der Waals surface area contributed by atoms with Crippen molar-refractivity contribution in [2.24, 2.45) is 14.9 Å². The van der Waals surface area contributed by atoms with Crippen LogP contribution in [0, 0.1) is 5.41 Å². The monoisotopic (exact) mass is 605 g/mol. The van der Waals surface area contributed by atoms with Crippen molar-refractivity contribution in [3.05, 3.63) is 90.5 Å². The maximum Gasteiger partial charge on any atom is 0.284 e. The highest BCUT2D eigenvalue weighted by Crippen LogP contribution is 2.41. The van der Waals surface area contributed by atoms with E-state index in [0.717, 1.165) is 35.2 Å². The second-order valence-electron chi connectivity index (χ2n) is 11.9. The van der Waals surface area contributed by atoms with Crippen LogP contribution in [0.2, 0.25) is 5.04 Å². The van der Waals surface area contributed by atoms with E-state index in [2.05, 4.69) is 23.3 Å². The fourth-order valence-corrected chi connectivity index (χ4v) is 11.7.